The van der Waals surface area contributed by atoms with Crippen molar-refractivity contribution in [2.75, 3.05) is 26.2 Å². The topological polar surface area (TPSA) is 78.8 Å². The van der Waals surface area contributed by atoms with Crippen molar-refractivity contribution in [3.8, 4) is 0 Å². The summed E-state index contributed by atoms with van der Waals surface area (Å²) >= 11 is 0. The van der Waals surface area contributed by atoms with E-state index in [9.17, 15) is 4.79 Å². The molecule has 1 aliphatic rings. The van der Waals surface area contributed by atoms with Gasteiger partial charge in [-0.3, -0.25) is 19.4 Å². The number of piperazine rings is 1. The summed E-state index contributed by atoms with van der Waals surface area (Å²) in [4.78, 5) is 20.4. The van der Waals surface area contributed by atoms with E-state index in [2.05, 4.69) is 27.3 Å². The van der Waals surface area contributed by atoms with Gasteiger partial charge in [0.1, 0.15) is 11.2 Å². The Balaban J connectivity index is 1.83. The summed E-state index contributed by atoms with van der Waals surface area (Å²) in [6.45, 7) is 6.52. The van der Waals surface area contributed by atoms with Gasteiger partial charge in [-0.25, -0.2) is 4.98 Å². The third-order valence-corrected chi connectivity index (χ3v) is 5.06. The van der Waals surface area contributed by atoms with Gasteiger partial charge < -0.3 is 5.32 Å². The first-order chi connectivity index (χ1) is 12.8. The number of fused-ring (bicyclic) bond motifs is 1. The van der Waals surface area contributed by atoms with E-state index < -0.39 is 0 Å². The fraction of sp³-hybridized carbons (Fsp3) is 0.421. The van der Waals surface area contributed by atoms with Crippen LogP contribution >= 0.6 is 0 Å². The standard InChI is InChI=1S/C19H24N6O/c1-2-16(24-10-8-20-9-11-24)18-22-17-15(12-21-23-17)19(26)25(18)13-14-6-4-3-5-7-14/h3-7,12,16,20H,2,8-11,13H2,1H3,(H,21,23). The van der Waals surface area contributed by atoms with Gasteiger partial charge in [-0.2, -0.15) is 5.10 Å². The molecule has 0 aliphatic carbocycles. The highest BCUT2D eigenvalue weighted by molar-refractivity contribution is 5.72. The Morgan fingerprint density at radius 3 is 2.69 bits per heavy atom. The molecule has 1 aromatic carbocycles. The number of aromatic amines is 1. The zero-order valence-corrected chi connectivity index (χ0v) is 15.0. The third-order valence-electron chi connectivity index (χ3n) is 5.06. The first kappa shape index (κ1) is 16.9. The van der Waals surface area contributed by atoms with Crippen LogP contribution in [0, 0.1) is 0 Å². The summed E-state index contributed by atoms with van der Waals surface area (Å²) in [7, 11) is 0. The lowest BCUT2D eigenvalue weighted by Crippen LogP contribution is -2.46. The van der Waals surface area contributed by atoms with Crippen LogP contribution in [-0.4, -0.2) is 50.8 Å². The van der Waals surface area contributed by atoms with E-state index in [0.29, 0.717) is 17.6 Å². The fourth-order valence-corrected chi connectivity index (χ4v) is 3.72. The van der Waals surface area contributed by atoms with Gasteiger partial charge in [0, 0.05) is 26.2 Å². The predicted octanol–water partition coefficient (Wildman–Crippen LogP) is 1.52. The average molecular weight is 352 g/mol. The van der Waals surface area contributed by atoms with E-state index in [4.69, 9.17) is 4.98 Å². The number of hydrogen-bond donors (Lipinski definition) is 2. The molecule has 7 heteroatoms. The number of benzene rings is 1. The van der Waals surface area contributed by atoms with Crippen LogP contribution in [0.5, 0.6) is 0 Å². The van der Waals surface area contributed by atoms with Crippen LogP contribution in [0.15, 0.2) is 41.3 Å². The molecule has 0 saturated carbocycles. The Hall–Kier alpha value is -2.51. The van der Waals surface area contributed by atoms with Gasteiger partial charge in [-0.1, -0.05) is 37.3 Å². The molecule has 1 aliphatic heterocycles. The maximum atomic E-state index is 13.2. The molecule has 136 valence electrons. The van der Waals surface area contributed by atoms with Crippen LogP contribution in [0.25, 0.3) is 11.0 Å². The van der Waals surface area contributed by atoms with Crippen molar-refractivity contribution in [3.63, 3.8) is 0 Å². The van der Waals surface area contributed by atoms with E-state index >= 15 is 0 Å². The Kier molecular flexibility index (Phi) is 4.81. The molecule has 0 bridgehead atoms. The van der Waals surface area contributed by atoms with Crippen LogP contribution in [0.4, 0.5) is 0 Å². The van der Waals surface area contributed by atoms with Gasteiger partial charge >= 0.3 is 0 Å². The molecule has 1 unspecified atom stereocenters. The lowest BCUT2D eigenvalue weighted by Gasteiger charge is -2.34. The minimum atomic E-state index is -0.0313. The zero-order chi connectivity index (χ0) is 17.9. The summed E-state index contributed by atoms with van der Waals surface area (Å²) in [5, 5.41) is 10.8. The van der Waals surface area contributed by atoms with E-state index in [1.807, 2.05) is 34.9 Å². The van der Waals surface area contributed by atoms with Crippen molar-refractivity contribution in [2.24, 2.45) is 0 Å². The van der Waals surface area contributed by atoms with Crippen molar-refractivity contribution in [1.29, 1.82) is 0 Å². The summed E-state index contributed by atoms with van der Waals surface area (Å²) in [6.07, 6.45) is 2.47. The Morgan fingerprint density at radius 1 is 1.19 bits per heavy atom. The lowest BCUT2D eigenvalue weighted by atomic mass is 10.1. The quantitative estimate of drug-likeness (QED) is 0.728. The van der Waals surface area contributed by atoms with Gasteiger partial charge in [0.15, 0.2) is 5.65 Å². The first-order valence-corrected chi connectivity index (χ1v) is 9.20. The predicted molar refractivity (Wildman–Crippen MR) is 101 cm³/mol. The highest BCUT2D eigenvalue weighted by atomic mass is 16.1. The van der Waals surface area contributed by atoms with E-state index in [1.165, 1.54) is 0 Å². The number of hydrogen-bond acceptors (Lipinski definition) is 5. The van der Waals surface area contributed by atoms with Gasteiger partial charge in [-0.15, -0.1) is 0 Å². The summed E-state index contributed by atoms with van der Waals surface area (Å²) in [6, 6.07) is 10.2. The molecule has 7 nitrogen and oxygen atoms in total. The van der Waals surface area contributed by atoms with Crippen molar-refractivity contribution in [3.05, 3.63) is 58.3 Å². The fourth-order valence-electron chi connectivity index (χ4n) is 3.72. The smallest absolute Gasteiger partial charge is 0.265 e. The summed E-state index contributed by atoms with van der Waals surface area (Å²) in [5.74, 6) is 0.819. The minimum Gasteiger partial charge on any atom is -0.314 e. The van der Waals surface area contributed by atoms with E-state index in [-0.39, 0.29) is 11.6 Å². The van der Waals surface area contributed by atoms with Crippen LogP contribution in [0.1, 0.15) is 30.8 Å². The highest BCUT2D eigenvalue weighted by Gasteiger charge is 2.26. The Bertz CT molecular complexity index is 926. The number of rotatable bonds is 5. The molecular weight excluding hydrogens is 328 g/mol. The van der Waals surface area contributed by atoms with Crippen molar-refractivity contribution in [2.45, 2.75) is 25.9 Å². The molecule has 4 rings (SSSR count). The number of nitrogens with one attached hydrogen (secondary N) is 2. The maximum absolute atomic E-state index is 13.2. The molecule has 3 heterocycles. The molecule has 3 aromatic rings. The zero-order valence-electron chi connectivity index (χ0n) is 15.0. The highest BCUT2D eigenvalue weighted by Crippen LogP contribution is 2.24. The molecule has 1 atom stereocenters. The lowest BCUT2D eigenvalue weighted by molar-refractivity contribution is 0.159. The minimum absolute atomic E-state index is 0.0313. The normalized spacial score (nSPS) is 16.8. The van der Waals surface area contributed by atoms with Gasteiger partial charge in [0.2, 0.25) is 0 Å². The van der Waals surface area contributed by atoms with Crippen molar-refractivity contribution in [1.82, 2.24) is 30.0 Å². The second-order valence-electron chi connectivity index (χ2n) is 6.69. The summed E-state index contributed by atoms with van der Waals surface area (Å²) in [5.41, 5.74) is 1.63. The second-order valence-corrected chi connectivity index (χ2v) is 6.69. The molecule has 1 saturated heterocycles. The first-order valence-electron chi connectivity index (χ1n) is 9.20. The van der Waals surface area contributed by atoms with Crippen molar-refractivity contribution < 1.29 is 0 Å². The van der Waals surface area contributed by atoms with Crippen LogP contribution < -0.4 is 10.9 Å². The second kappa shape index (κ2) is 7.39. The Morgan fingerprint density at radius 2 is 1.96 bits per heavy atom. The number of aromatic nitrogens is 4. The van der Waals surface area contributed by atoms with Gasteiger partial charge in [-0.05, 0) is 12.0 Å². The average Bonchev–Trinajstić information content (AvgIpc) is 3.16. The SMILES string of the molecule is CCC(c1nc2[nH]ncc2c(=O)n1Cc1ccccc1)N1CCNCC1. The van der Waals surface area contributed by atoms with Crippen LogP contribution in [-0.2, 0) is 6.54 Å². The molecular formula is C19H24N6O. The molecule has 26 heavy (non-hydrogen) atoms. The molecule has 2 aromatic heterocycles. The number of H-pyrrole nitrogens is 1. The van der Waals surface area contributed by atoms with Crippen molar-refractivity contribution >= 4 is 11.0 Å². The maximum Gasteiger partial charge on any atom is 0.265 e. The van der Waals surface area contributed by atoms with E-state index in [1.54, 1.807) is 6.20 Å². The monoisotopic (exact) mass is 352 g/mol. The number of nitrogens with zero attached hydrogens (tertiary/aromatic N) is 4. The molecule has 0 radical (unpaired) electrons. The van der Waals surface area contributed by atoms with Crippen LogP contribution in [0.2, 0.25) is 0 Å². The molecule has 0 spiro atoms. The molecule has 0 amide bonds. The van der Waals surface area contributed by atoms with Gasteiger partial charge in [0.05, 0.1) is 18.8 Å². The largest absolute Gasteiger partial charge is 0.314 e. The summed E-state index contributed by atoms with van der Waals surface area (Å²) < 4.78 is 1.82. The van der Waals surface area contributed by atoms with Crippen LogP contribution in [0.3, 0.4) is 0 Å². The third kappa shape index (κ3) is 3.15. The van der Waals surface area contributed by atoms with E-state index in [0.717, 1.165) is 44.0 Å². The van der Waals surface area contributed by atoms with Gasteiger partial charge in [0.25, 0.3) is 5.56 Å². The Labute approximate surface area is 152 Å². The molecule has 2 N–H and O–H groups in total. The molecule has 1 fully saturated rings.